The average molecular weight is 428 g/mol. The van der Waals surface area contributed by atoms with Crippen LogP contribution in [-0.4, -0.2) is 32.5 Å². The van der Waals surface area contributed by atoms with Gasteiger partial charge in [-0.3, -0.25) is 18.7 Å². The van der Waals surface area contributed by atoms with Crippen LogP contribution >= 0.6 is 0 Å². The van der Waals surface area contributed by atoms with E-state index in [-0.39, 0.29) is 39.7 Å². The van der Waals surface area contributed by atoms with Crippen LogP contribution < -0.4 is 4.90 Å². The first kappa shape index (κ1) is 20.1. The second-order valence-corrected chi connectivity index (χ2v) is 11.8. The van der Waals surface area contributed by atoms with Crippen molar-refractivity contribution in [3.8, 4) is 0 Å². The van der Waals surface area contributed by atoms with E-state index in [4.69, 9.17) is 0 Å². The van der Waals surface area contributed by atoms with Crippen molar-refractivity contribution in [1.82, 2.24) is 0 Å². The minimum absolute atomic E-state index is 0.0617. The number of aliphatic hydroxyl groups excluding tert-OH is 1. The van der Waals surface area contributed by atoms with Crippen LogP contribution in [0.2, 0.25) is 0 Å². The van der Waals surface area contributed by atoms with Crippen LogP contribution in [0.15, 0.2) is 41.3 Å². The van der Waals surface area contributed by atoms with Gasteiger partial charge in [-0.2, -0.15) is 0 Å². The first-order chi connectivity index (χ1) is 14.2. The summed E-state index contributed by atoms with van der Waals surface area (Å²) in [5.41, 5.74) is 0.315. The standard InChI is InChI=1S/C24H29NO4S/c1-23(2)18-11-12-24(23,3)20(26)19(18)30(29)15-9-10-16-17(13-15)22(28)25(21(16)27)14-7-5-4-6-8-14/h4-9,16-20,26H,10-13H2,1-3H3/t16-,17+,18+,19+,20+,24-,30?/m0/s1. The van der Waals surface area contributed by atoms with Gasteiger partial charge in [0, 0.05) is 10.3 Å². The number of rotatable bonds is 3. The summed E-state index contributed by atoms with van der Waals surface area (Å²) in [7, 11) is -1.35. The Labute approximate surface area is 180 Å². The zero-order valence-corrected chi connectivity index (χ0v) is 18.5. The van der Waals surface area contributed by atoms with Crippen molar-refractivity contribution in [1.29, 1.82) is 0 Å². The third-order valence-corrected chi connectivity index (χ3v) is 10.8. The quantitative estimate of drug-likeness (QED) is 0.751. The lowest BCUT2D eigenvalue weighted by molar-refractivity contribution is -0.122. The highest BCUT2D eigenvalue weighted by atomic mass is 32.2. The molecule has 160 valence electrons. The van der Waals surface area contributed by atoms with E-state index in [0.29, 0.717) is 18.5 Å². The molecule has 0 spiro atoms. The second-order valence-electron chi connectivity index (χ2n) is 10.2. The number of benzene rings is 1. The Morgan fingerprint density at radius 1 is 1.07 bits per heavy atom. The molecule has 0 radical (unpaired) electrons. The fourth-order valence-corrected chi connectivity index (χ4v) is 8.79. The number of nitrogens with zero attached hydrogens (tertiary/aromatic N) is 1. The van der Waals surface area contributed by atoms with Crippen LogP contribution in [-0.2, 0) is 20.4 Å². The Morgan fingerprint density at radius 2 is 1.73 bits per heavy atom. The first-order valence-electron chi connectivity index (χ1n) is 10.9. The minimum Gasteiger partial charge on any atom is -0.391 e. The molecule has 1 aromatic rings. The van der Waals surface area contributed by atoms with Crippen molar-refractivity contribution in [3.05, 3.63) is 41.3 Å². The Bertz CT molecular complexity index is 971. The van der Waals surface area contributed by atoms with Gasteiger partial charge in [-0.15, -0.1) is 0 Å². The number of imide groups is 1. The molecular formula is C24H29NO4S. The molecule has 5 nitrogen and oxygen atoms in total. The van der Waals surface area contributed by atoms with Gasteiger partial charge in [0.1, 0.15) is 0 Å². The van der Waals surface area contributed by atoms with Gasteiger partial charge in [-0.1, -0.05) is 45.0 Å². The van der Waals surface area contributed by atoms with Crippen LogP contribution in [0.25, 0.3) is 0 Å². The van der Waals surface area contributed by atoms with E-state index in [1.54, 1.807) is 12.1 Å². The molecule has 4 aliphatic rings. The van der Waals surface area contributed by atoms with E-state index in [2.05, 4.69) is 20.8 Å². The third kappa shape index (κ3) is 2.46. The van der Waals surface area contributed by atoms with Crippen LogP contribution in [0, 0.1) is 28.6 Å². The van der Waals surface area contributed by atoms with E-state index in [9.17, 15) is 18.9 Å². The number of aliphatic hydroxyl groups is 1. The molecule has 1 aromatic carbocycles. The van der Waals surface area contributed by atoms with Crippen LogP contribution in [0.4, 0.5) is 5.69 Å². The molecular weight excluding hydrogens is 398 g/mol. The fraction of sp³-hybridized carbons (Fsp3) is 0.583. The molecule has 0 aromatic heterocycles. The van der Waals surface area contributed by atoms with Gasteiger partial charge in [0.2, 0.25) is 11.8 Å². The summed E-state index contributed by atoms with van der Waals surface area (Å²) in [4.78, 5) is 28.1. The van der Waals surface area contributed by atoms with Gasteiger partial charge < -0.3 is 5.11 Å². The molecule has 30 heavy (non-hydrogen) atoms. The number of carbonyl (C=O) groups excluding carboxylic acids is 2. The fourth-order valence-electron chi connectivity index (χ4n) is 6.52. The summed E-state index contributed by atoms with van der Waals surface area (Å²) in [5, 5.41) is 10.8. The Balaban J connectivity index is 1.40. The van der Waals surface area contributed by atoms with Crippen molar-refractivity contribution < 1.29 is 18.9 Å². The van der Waals surface area contributed by atoms with Gasteiger partial charge in [-0.05, 0) is 49.1 Å². The smallest absolute Gasteiger partial charge is 0.238 e. The zero-order valence-electron chi connectivity index (χ0n) is 17.7. The molecule has 3 aliphatic carbocycles. The molecule has 2 amide bonds. The maximum Gasteiger partial charge on any atom is 0.238 e. The van der Waals surface area contributed by atoms with Gasteiger partial charge in [0.15, 0.2) is 0 Å². The van der Waals surface area contributed by atoms with E-state index in [0.717, 1.165) is 17.7 Å². The molecule has 1 N–H and O–H groups in total. The van der Waals surface area contributed by atoms with Crippen molar-refractivity contribution >= 4 is 28.3 Å². The molecule has 1 aliphatic heterocycles. The van der Waals surface area contributed by atoms with E-state index < -0.39 is 22.8 Å². The first-order valence-corrected chi connectivity index (χ1v) is 12.1. The number of amides is 2. The molecule has 1 saturated heterocycles. The normalized spacial score (nSPS) is 40.5. The number of para-hydroxylation sites is 1. The Hall–Kier alpha value is -1.79. The predicted octanol–water partition coefficient (Wildman–Crippen LogP) is 3.40. The predicted molar refractivity (Wildman–Crippen MR) is 116 cm³/mol. The summed E-state index contributed by atoms with van der Waals surface area (Å²) >= 11 is 0. The molecule has 6 heteroatoms. The number of anilines is 1. The van der Waals surface area contributed by atoms with Gasteiger partial charge in [-0.25, -0.2) is 0 Å². The zero-order chi connectivity index (χ0) is 21.4. The summed E-state index contributed by atoms with van der Waals surface area (Å²) in [6.45, 7) is 6.50. The van der Waals surface area contributed by atoms with Crippen molar-refractivity contribution in [3.63, 3.8) is 0 Å². The van der Waals surface area contributed by atoms with Gasteiger partial charge in [0.05, 0.1) is 39.7 Å². The van der Waals surface area contributed by atoms with E-state index in [1.165, 1.54) is 4.90 Å². The average Bonchev–Trinajstić information content (AvgIpc) is 3.18. The maximum absolute atomic E-state index is 13.6. The van der Waals surface area contributed by atoms with Crippen molar-refractivity contribution in [2.45, 2.75) is 57.8 Å². The van der Waals surface area contributed by atoms with Crippen LogP contribution in [0.1, 0.15) is 46.5 Å². The molecule has 2 saturated carbocycles. The number of allylic oxidation sites excluding steroid dienone is 2. The number of fused-ring (bicyclic) bond motifs is 3. The second kappa shape index (κ2) is 6.60. The highest BCUT2D eigenvalue weighted by Gasteiger charge is 2.67. The lowest BCUT2D eigenvalue weighted by atomic mass is 9.70. The molecule has 1 unspecified atom stereocenters. The Morgan fingerprint density at radius 3 is 2.37 bits per heavy atom. The highest BCUT2D eigenvalue weighted by molar-refractivity contribution is 7.89. The maximum atomic E-state index is 13.6. The summed E-state index contributed by atoms with van der Waals surface area (Å²) in [5.74, 6) is -0.984. The Kier molecular flexibility index (Phi) is 4.43. The lowest BCUT2D eigenvalue weighted by Gasteiger charge is -2.37. The monoisotopic (exact) mass is 427 g/mol. The highest BCUT2D eigenvalue weighted by Crippen LogP contribution is 2.67. The topological polar surface area (TPSA) is 74.7 Å². The molecule has 1 heterocycles. The summed E-state index contributed by atoms with van der Waals surface area (Å²) < 4.78 is 13.6. The van der Waals surface area contributed by atoms with Gasteiger partial charge in [0.25, 0.3) is 0 Å². The van der Waals surface area contributed by atoms with E-state index in [1.807, 2.05) is 24.3 Å². The third-order valence-electron chi connectivity index (χ3n) is 8.84. The van der Waals surface area contributed by atoms with Gasteiger partial charge >= 0.3 is 0 Å². The van der Waals surface area contributed by atoms with Crippen molar-refractivity contribution in [2.24, 2.45) is 28.6 Å². The lowest BCUT2D eigenvalue weighted by Crippen LogP contribution is -2.42. The molecule has 2 bridgehead atoms. The largest absolute Gasteiger partial charge is 0.391 e. The summed E-state index contributed by atoms with van der Waals surface area (Å²) in [6.07, 6.45) is 4.03. The SMILES string of the molecule is CC1(C)[C@@H]2CC[C@@]1(C)[C@H](O)[C@@H]2S(=O)C1=CC[C@@H]2C(=O)N(c3ccccc3)C(=O)[C@@H]2C1. The number of carbonyl (C=O) groups is 2. The number of hydrogen-bond donors (Lipinski definition) is 1. The molecule has 7 atom stereocenters. The van der Waals surface area contributed by atoms with Crippen LogP contribution in [0.5, 0.6) is 0 Å². The minimum atomic E-state index is -1.35. The summed E-state index contributed by atoms with van der Waals surface area (Å²) in [6, 6.07) is 9.03. The molecule has 3 fully saturated rings. The number of hydrogen-bond acceptors (Lipinski definition) is 4. The van der Waals surface area contributed by atoms with E-state index >= 15 is 0 Å². The van der Waals surface area contributed by atoms with Crippen molar-refractivity contribution in [2.75, 3.05) is 4.90 Å². The molecule has 5 rings (SSSR count). The van der Waals surface area contributed by atoms with Crippen LogP contribution in [0.3, 0.4) is 0 Å².